The Morgan fingerprint density at radius 1 is 0.947 bits per heavy atom. The Morgan fingerprint density at radius 2 is 1.53 bits per heavy atom. The average molecular weight is 277 g/mol. The van der Waals surface area contributed by atoms with Gasteiger partial charge < -0.3 is 4.74 Å². The van der Waals surface area contributed by atoms with E-state index in [0.717, 1.165) is 5.56 Å². The Labute approximate surface area is 113 Å². The van der Waals surface area contributed by atoms with E-state index in [9.17, 15) is 8.42 Å². The topological polar surface area (TPSA) is 55.4 Å². The van der Waals surface area contributed by atoms with Crippen molar-refractivity contribution in [2.24, 2.45) is 0 Å². The predicted molar refractivity (Wildman–Crippen MR) is 74.7 cm³/mol. The van der Waals surface area contributed by atoms with Gasteiger partial charge in [-0.05, 0) is 19.2 Å². The fourth-order valence-electron chi connectivity index (χ4n) is 1.90. The first kappa shape index (κ1) is 13.6. The summed E-state index contributed by atoms with van der Waals surface area (Å²) in [7, 11) is -0.547. The molecule has 0 saturated carbocycles. The molecule has 100 valence electrons. The van der Waals surface area contributed by atoms with E-state index >= 15 is 0 Å². The van der Waals surface area contributed by atoms with Gasteiger partial charge in [0.25, 0.3) is 0 Å². The van der Waals surface area contributed by atoms with Crippen LogP contribution in [-0.2, 0) is 10.0 Å². The fraction of sp³-hybridized carbons (Fsp3) is 0.143. The second-order valence-electron chi connectivity index (χ2n) is 3.90. The number of benzene rings is 2. The maximum atomic E-state index is 12.0. The summed E-state index contributed by atoms with van der Waals surface area (Å²) in [6.45, 7) is 0. The van der Waals surface area contributed by atoms with Crippen LogP contribution in [0.1, 0.15) is 0 Å². The van der Waals surface area contributed by atoms with E-state index in [1.54, 1.807) is 37.4 Å². The normalized spacial score (nSPS) is 11.3. The van der Waals surface area contributed by atoms with Gasteiger partial charge in [-0.25, -0.2) is 13.1 Å². The lowest BCUT2D eigenvalue weighted by Gasteiger charge is -2.12. The zero-order chi connectivity index (χ0) is 13.9. The molecule has 0 bridgehead atoms. The summed E-state index contributed by atoms with van der Waals surface area (Å²) in [6.07, 6.45) is 0. The van der Waals surface area contributed by atoms with Crippen LogP contribution < -0.4 is 9.46 Å². The third-order valence-electron chi connectivity index (χ3n) is 2.84. The van der Waals surface area contributed by atoms with Crippen LogP contribution in [0.25, 0.3) is 11.1 Å². The maximum Gasteiger partial charge on any atom is 0.240 e. The van der Waals surface area contributed by atoms with Crippen molar-refractivity contribution in [1.82, 2.24) is 4.72 Å². The third-order valence-corrected chi connectivity index (χ3v) is 4.31. The van der Waals surface area contributed by atoms with E-state index in [4.69, 9.17) is 4.74 Å². The van der Waals surface area contributed by atoms with E-state index in [1.807, 2.05) is 18.2 Å². The number of nitrogens with one attached hydrogen (secondary N) is 1. The molecule has 0 aliphatic carbocycles. The van der Waals surface area contributed by atoms with Crippen LogP contribution in [0.2, 0.25) is 0 Å². The molecule has 0 saturated heterocycles. The summed E-state index contributed by atoms with van der Waals surface area (Å²) < 4.78 is 31.7. The van der Waals surface area contributed by atoms with Crippen molar-refractivity contribution in [3.05, 3.63) is 48.5 Å². The molecule has 0 atom stereocenters. The average Bonchev–Trinajstić information content (AvgIpc) is 2.47. The Balaban J connectivity index is 2.70. The molecular formula is C14H15NO3S. The second-order valence-corrected chi connectivity index (χ2v) is 5.76. The molecule has 0 aliphatic heterocycles. The van der Waals surface area contributed by atoms with Gasteiger partial charge in [0.05, 0.1) is 12.0 Å². The van der Waals surface area contributed by atoms with Crippen LogP contribution in [0, 0.1) is 0 Å². The van der Waals surface area contributed by atoms with E-state index in [0.29, 0.717) is 11.3 Å². The monoisotopic (exact) mass is 277 g/mol. The minimum atomic E-state index is -3.51. The minimum Gasteiger partial charge on any atom is -0.496 e. The quantitative estimate of drug-likeness (QED) is 0.932. The molecule has 0 fully saturated rings. The Bertz CT molecular complexity index is 681. The van der Waals surface area contributed by atoms with Gasteiger partial charge in [0.2, 0.25) is 10.0 Å². The van der Waals surface area contributed by atoms with Crippen molar-refractivity contribution in [3.8, 4) is 16.9 Å². The molecule has 0 heterocycles. The first-order valence-corrected chi connectivity index (χ1v) is 7.24. The SMILES string of the molecule is CNS(=O)(=O)c1ccccc1-c1ccccc1OC. The molecule has 0 radical (unpaired) electrons. The first-order chi connectivity index (χ1) is 9.10. The van der Waals surface area contributed by atoms with Gasteiger partial charge in [-0.2, -0.15) is 0 Å². The summed E-state index contributed by atoms with van der Waals surface area (Å²) in [5.41, 5.74) is 1.37. The van der Waals surface area contributed by atoms with Gasteiger partial charge in [0.1, 0.15) is 5.75 Å². The molecule has 4 nitrogen and oxygen atoms in total. The summed E-state index contributed by atoms with van der Waals surface area (Å²) in [5.74, 6) is 0.640. The van der Waals surface area contributed by atoms with Crippen LogP contribution >= 0.6 is 0 Å². The summed E-state index contributed by atoms with van der Waals surface area (Å²) >= 11 is 0. The number of sulfonamides is 1. The molecule has 0 unspecified atom stereocenters. The first-order valence-electron chi connectivity index (χ1n) is 5.76. The third kappa shape index (κ3) is 2.62. The van der Waals surface area contributed by atoms with Crippen LogP contribution in [0.5, 0.6) is 5.75 Å². The molecule has 0 amide bonds. The zero-order valence-corrected chi connectivity index (χ0v) is 11.6. The summed E-state index contributed by atoms with van der Waals surface area (Å²) in [5, 5.41) is 0. The number of hydrogen-bond acceptors (Lipinski definition) is 3. The van der Waals surface area contributed by atoms with Gasteiger partial charge in [0, 0.05) is 11.1 Å². The Kier molecular flexibility index (Phi) is 3.87. The summed E-state index contributed by atoms with van der Waals surface area (Å²) in [4.78, 5) is 0.238. The highest BCUT2D eigenvalue weighted by molar-refractivity contribution is 7.89. The molecule has 0 spiro atoms. The van der Waals surface area contributed by atoms with Crippen molar-refractivity contribution in [2.75, 3.05) is 14.2 Å². The molecule has 2 aromatic rings. The second kappa shape index (κ2) is 5.42. The molecule has 0 aromatic heterocycles. The number of hydrogen-bond donors (Lipinski definition) is 1. The lowest BCUT2D eigenvalue weighted by atomic mass is 10.0. The van der Waals surface area contributed by atoms with Gasteiger partial charge in [-0.1, -0.05) is 36.4 Å². The minimum absolute atomic E-state index is 0.238. The molecule has 2 rings (SSSR count). The maximum absolute atomic E-state index is 12.0. The highest BCUT2D eigenvalue weighted by Crippen LogP contribution is 2.33. The molecule has 19 heavy (non-hydrogen) atoms. The Morgan fingerprint density at radius 3 is 2.16 bits per heavy atom. The number of para-hydroxylation sites is 1. The van der Waals surface area contributed by atoms with Gasteiger partial charge >= 0.3 is 0 Å². The van der Waals surface area contributed by atoms with Crippen LogP contribution in [-0.4, -0.2) is 22.6 Å². The van der Waals surface area contributed by atoms with E-state index in [2.05, 4.69) is 4.72 Å². The van der Waals surface area contributed by atoms with Crippen LogP contribution in [0.15, 0.2) is 53.4 Å². The predicted octanol–water partition coefficient (Wildman–Crippen LogP) is 2.27. The van der Waals surface area contributed by atoms with Gasteiger partial charge in [-0.3, -0.25) is 0 Å². The largest absolute Gasteiger partial charge is 0.496 e. The number of ether oxygens (including phenoxy) is 1. The lowest BCUT2D eigenvalue weighted by Crippen LogP contribution is -2.19. The highest BCUT2D eigenvalue weighted by atomic mass is 32.2. The van der Waals surface area contributed by atoms with Crippen LogP contribution in [0.3, 0.4) is 0 Å². The van der Waals surface area contributed by atoms with Crippen molar-refractivity contribution >= 4 is 10.0 Å². The van der Waals surface area contributed by atoms with E-state index in [1.165, 1.54) is 7.05 Å². The van der Waals surface area contributed by atoms with E-state index < -0.39 is 10.0 Å². The molecule has 1 N–H and O–H groups in total. The highest BCUT2D eigenvalue weighted by Gasteiger charge is 2.18. The Hall–Kier alpha value is -1.85. The van der Waals surface area contributed by atoms with Crippen LogP contribution in [0.4, 0.5) is 0 Å². The van der Waals surface area contributed by atoms with Crippen molar-refractivity contribution in [2.45, 2.75) is 4.90 Å². The van der Waals surface area contributed by atoms with Crippen molar-refractivity contribution in [1.29, 1.82) is 0 Å². The lowest BCUT2D eigenvalue weighted by molar-refractivity contribution is 0.416. The molecule has 5 heteroatoms. The number of methoxy groups -OCH3 is 1. The summed E-state index contributed by atoms with van der Waals surface area (Å²) in [6, 6.07) is 14.2. The van der Waals surface area contributed by atoms with E-state index in [-0.39, 0.29) is 4.90 Å². The molecule has 2 aromatic carbocycles. The van der Waals surface area contributed by atoms with Crippen molar-refractivity contribution < 1.29 is 13.2 Å². The van der Waals surface area contributed by atoms with Crippen molar-refractivity contribution in [3.63, 3.8) is 0 Å². The smallest absolute Gasteiger partial charge is 0.240 e. The standard InChI is InChI=1S/C14H15NO3S/c1-15-19(16,17)14-10-6-4-8-12(14)11-7-3-5-9-13(11)18-2/h3-10,15H,1-2H3. The van der Waals surface area contributed by atoms with Gasteiger partial charge in [-0.15, -0.1) is 0 Å². The number of rotatable bonds is 4. The molecular weight excluding hydrogens is 262 g/mol. The fourth-order valence-corrected chi connectivity index (χ4v) is 2.85. The molecule has 0 aliphatic rings. The van der Waals surface area contributed by atoms with Gasteiger partial charge in [0.15, 0.2) is 0 Å². The zero-order valence-electron chi connectivity index (χ0n) is 10.8.